The first-order chi connectivity index (χ1) is 10.1. The third kappa shape index (κ3) is 2.55. The van der Waals surface area contributed by atoms with Crippen molar-refractivity contribution in [3.63, 3.8) is 0 Å². The molecule has 0 unspecified atom stereocenters. The van der Waals surface area contributed by atoms with Crippen LogP contribution in [0.4, 0.5) is 5.82 Å². The number of aryl methyl sites for hydroxylation is 2. The first kappa shape index (κ1) is 13.8. The Balaban J connectivity index is 1.85. The topological polar surface area (TPSA) is 84.2 Å². The lowest BCUT2D eigenvalue weighted by atomic mass is 10.2. The second-order valence-corrected chi connectivity index (χ2v) is 5.45. The SMILES string of the molecule is CCCN1C[C@@H](Nc2nc(C)nc3onc(C)c23)CC1=O. The molecule has 0 saturated carbocycles. The summed E-state index contributed by atoms with van der Waals surface area (Å²) >= 11 is 0. The van der Waals surface area contributed by atoms with Gasteiger partial charge in [-0.25, -0.2) is 4.98 Å². The summed E-state index contributed by atoms with van der Waals surface area (Å²) in [6.07, 6.45) is 1.47. The van der Waals surface area contributed by atoms with E-state index in [-0.39, 0.29) is 11.9 Å². The molecule has 0 radical (unpaired) electrons. The van der Waals surface area contributed by atoms with Crippen molar-refractivity contribution in [2.24, 2.45) is 0 Å². The number of carbonyl (C=O) groups is 1. The Morgan fingerprint density at radius 3 is 2.95 bits per heavy atom. The van der Waals surface area contributed by atoms with Gasteiger partial charge in [0.15, 0.2) is 0 Å². The quantitative estimate of drug-likeness (QED) is 0.921. The molecule has 2 aromatic heterocycles. The highest BCUT2D eigenvalue weighted by molar-refractivity contribution is 5.88. The van der Waals surface area contributed by atoms with E-state index in [1.807, 2.05) is 18.7 Å². The molecule has 2 aromatic rings. The summed E-state index contributed by atoms with van der Waals surface area (Å²) in [7, 11) is 0. The third-order valence-corrected chi connectivity index (χ3v) is 3.67. The van der Waals surface area contributed by atoms with Crippen molar-refractivity contribution in [1.82, 2.24) is 20.0 Å². The number of anilines is 1. The van der Waals surface area contributed by atoms with Crippen LogP contribution in [0, 0.1) is 13.8 Å². The van der Waals surface area contributed by atoms with Gasteiger partial charge in [0.25, 0.3) is 5.71 Å². The van der Waals surface area contributed by atoms with Crippen molar-refractivity contribution in [1.29, 1.82) is 0 Å². The Kier molecular flexibility index (Phi) is 3.48. The molecule has 1 N–H and O–H groups in total. The highest BCUT2D eigenvalue weighted by Crippen LogP contribution is 2.25. The molecule has 1 aliphatic heterocycles. The average molecular weight is 289 g/mol. The molecular formula is C14H19N5O2. The summed E-state index contributed by atoms with van der Waals surface area (Å²) in [6.45, 7) is 7.26. The lowest BCUT2D eigenvalue weighted by Gasteiger charge is -2.16. The zero-order valence-electron chi connectivity index (χ0n) is 12.5. The minimum atomic E-state index is 0.0656. The number of nitrogens with zero attached hydrogens (tertiary/aromatic N) is 4. The van der Waals surface area contributed by atoms with E-state index in [1.54, 1.807) is 0 Å². The number of hydrogen-bond donors (Lipinski definition) is 1. The number of aromatic nitrogens is 3. The number of amides is 1. The largest absolute Gasteiger partial charge is 0.364 e. The van der Waals surface area contributed by atoms with E-state index in [0.717, 1.165) is 24.0 Å². The summed E-state index contributed by atoms with van der Waals surface area (Å²) in [5.41, 5.74) is 1.24. The van der Waals surface area contributed by atoms with Crippen molar-refractivity contribution in [2.75, 3.05) is 18.4 Å². The molecule has 0 aliphatic carbocycles. The molecule has 3 heterocycles. The summed E-state index contributed by atoms with van der Waals surface area (Å²) < 4.78 is 5.20. The van der Waals surface area contributed by atoms with Crippen molar-refractivity contribution in [2.45, 2.75) is 39.7 Å². The first-order valence-electron chi connectivity index (χ1n) is 7.23. The van der Waals surface area contributed by atoms with E-state index < -0.39 is 0 Å². The number of fused-ring (bicyclic) bond motifs is 1. The smallest absolute Gasteiger partial charge is 0.263 e. The van der Waals surface area contributed by atoms with Gasteiger partial charge in [-0.05, 0) is 20.3 Å². The van der Waals surface area contributed by atoms with Crippen LogP contribution in [0.25, 0.3) is 11.1 Å². The molecule has 3 rings (SSSR count). The Hall–Kier alpha value is -2.18. The molecule has 0 aromatic carbocycles. The van der Waals surface area contributed by atoms with Crippen LogP contribution in [0.15, 0.2) is 4.52 Å². The number of carbonyl (C=O) groups excluding carboxylic acids is 1. The molecule has 1 atom stereocenters. The molecule has 1 amide bonds. The second kappa shape index (κ2) is 5.31. The monoisotopic (exact) mass is 289 g/mol. The summed E-state index contributed by atoms with van der Waals surface area (Å²) in [4.78, 5) is 22.5. The number of rotatable bonds is 4. The summed E-state index contributed by atoms with van der Waals surface area (Å²) in [5, 5.41) is 8.09. The fourth-order valence-corrected chi connectivity index (χ4v) is 2.75. The Labute approximate surface area is 122 Å². The molecule has 7 heteroatoms. The van der Waals surface area contributed by atoms with Crippen molar-refractivity contribution >= 4 is 22.8 Å². The van der Waals surface area contributed by atoms with Gasteiger partial charge in [0, 0.05) is 19.5 Å². The standard InChI is InChI=1S/C14H19N5O2/c1-4-5-19-7-10(6-11(19)20)17-13-12-8(2)18-21-14(12)16-9(3)15-13/h10H,4-7H2,1-3H3,(H,15,16,17)/t10-/m0/s1. The molecule has 0 spiro atoms. The van der Waals surface area contributed by atoms with Crippen LogP contribution in [0.5, 0.6) is 0 Å². The maximum absolute atomic E-state index is 11.9. The Morgan fingerprint density at radius 2 is 2.19 bits per heavy atom. The maximum Gasteiger partial charge on any atom is 0.263 e. The van der Waals surface area contributed by atoms with Gasteiger partial charge >= 0.3 is 0 Å². The zero-order valence-corrected chi connectivity index (χ0v) is 12.5. The highest BCUT2D eigenvalue weighted by atomic mass is 16.5. The molecule has 112 valence electrons. The molecule has 1 aliphatic rings. The maximum atomic E-state index is 11.9. The molecule has 1 saturated heterocycles. The van der Waals surface area contributed by atoms with E-state index in [2.05, 4.69) is 27.4 Å². The van der Waals surface area contributed by atoms with Crippen LogP contribution < -0.4 is 5.32 Å². The van der Waals surface area contributed by atoms with Crippen molar-refractivity contribution < 1.29 is 9.32 Å². The van der Waals surface area contributed by atoms with E-state index in [0.29, 0.717) is 30.3 Å². The molecule has 1 fully saturated rings. The van der Waals surface area contributed by atoms with Crippen LogP contribution in [-0.4, -0.2) is 45.1 Å². The van der Waals surface area contributed by atoms with Crippen LogP contribution in [0.3, 0.4) is 0 Å². The molecule has 0 bridgehead atoms. The predicted octanol–water partition coefficient (Wildman–Crippen LogP) is 1.66. The molecular weight excluding hydrogens is 270 g/mol. The Bertz CT molecular complexity index is 681. The zero-order chi connectivity index (χ0) is 15.0. The van der Waals surface area contributed by atoms with Gasteiger partial charge in [0.2, 0.25) is 5.91 Å². The minimum Gasteiger partial charge on any atom is -0.364 e. The lowest BCUT2D eigenvalue weighted by molar-refractivity contribution is -0.127. The predicted molar refractivity (Wildman–Crippen MR) is 78.0 cm³/mol. The van der Waals surface area contributed by atoms with Crippen LogP contribution in [0.2, 0.25) is 0 Å². The summed E-state index contributed by atoms with van der Waals surface area (Å²) in [5.74, 6) is 1.52. The van der Waals surface area contributed by atoms with Gasteiger partial charge in [-0.2, -0.15) is 4.98 Å². The van der Waals surface area contributed by atoms with Crippen LogP contribution in [-0.2, 0) is 4.79 Å². The van der Waals surface area contributed by atoms with Gasteiger partial charge in [0.1, 0.15) is 17.0 Å². The normalized spacial score (nSPS) is 18.7. The Morgan fingerprint density at radius 1 is 1.38 bits per heavy atom. The molecule has 7 nitrogen and oxygen atoms in total. The first-order valence-corrected chi connectivity index (χ1v) is 7.23. The van der Waals surface area contributed by atoms with Gasteiger partial charge in [-0.1, -0.05) is 12.1 Å². The van der Waals surface area contributed by atoms with Gasteiger partial charge in [-0.3, -0.25) is 4.79 Å². The van der Waals surface area contributed by atoms with Gasteiger partial charge < -0.3 is 14.7 Å². The van der Waals surface area contributed by atoms with Gasteiger partial charge in [-0.15, -0.1) is 0 Å². The number of nitrogens with one attached hydrogen (secondary N) is 1. The highest BCUT2D eigenvalue weighted by Gasteiger charge is 2.29. The molecule has 21 heavy (non-hydrogen) atoms. The second-order valence-electron chi connectivity index (χ2n) is 5.45. The van der Waals surface area contributed by atoms with Crippen LogP contribution >= 0.6 is 0 Å². The van der Waals surface area contributed by atoms with Crippen molar-refractivity contribution in [3.05, 3.63) is 11.5 Å². The fourth-order valence-electron chi connectivity index (χ4n) is 2.75. The van der Waals surface area contributed by atoms with Gasteiger partial charge in [0.05, 0.1) is 11.7 Å². The van der Waals surface area contributed by atoms with E-state index >= 15 is 0 Å². The number of likely N-dealkylation sites (tertiary alicyclic amines) is 1. The third-order valence-electron chi connectivity index (χ3n) is 3.67. The van der Waals surface area contributed by atoms with E-state index in [1.165, 1.54) is 0 Å². The summed E-state index contributed by atoms with van der Waals surface area (Å²) in [6, 6.07) is 0.0656. The fraction of sp³-hybridized carbons (Fsp3) is 0.571. The van der Waals surface area contributed by atoms with E-state index in [4.69, 9.17) is 4.52 Å². The number of hydrogen-bond acceptors (Lipinski definition) is 6. The van der Waals surface area contributed by atoms with Crippen molar-refractivity contribution in [3.8, 4) is 0 Å². The average Bonchev–Trinajstić information content (AvgIpc) is 2.94. The van der Waals surface area contributed by atoms with Crippen LogP contribution in [0.1, 0.15) is 31.3 Å². The minimum absolute atomic E-state index is 0.0656. The lowest BCUT2D eigenvalue weighted by Crippen LogP contribution is -2.28. The van der Waals surface area contributed by atoms with E-state index in [9.17, 15) is 4.79 Å².